The predicted molar refractivity (Wildman–Crippen MR) is 146 cm³/mol. The van der Waals surface area contributed by atoms with Crippen molar-refractivity contribution in [1.82, 2.24) is 10.1 Å². The largest absolute Gasteiger partial charge is 0.489 e. The van der Waals surface area contributed by atoms with Gasteiger partial charge in [0.2, 0.25) is 0 Å². The molecule has 2 atom stereocenters. The van der Waals surface area contributed by atoms with Crippen LogP contribution in [0.5, 0.6) is 11.6 Å². The SMILES string of the molecule is CC(=O)OCC1CCC(Oc2cccc3onc(OCC4CCN(COC(=O)C5CCOC(C)C5)CC4)c23)CC1. The van der Waals surface area contributed by atoms with E-state index >= 15 is 0 Å². The van der Waals surface area contributed by atoms with Crippen LogP contribution in [0.4, 0.5) is 0 Å². The number of aromatic nitrogens is 1. The van der Waals surface area contributed by atoms with Gasteiger partial charge in [-0.2, -0.15) is 0 Å². The highest BCUT2D eigenvalue weighted by Gasteiger charge is 2.29. The van der Waals surface area contributed by atoms with Gasteiger partial charge >= 0.3 is 11.9 Å². The molecule has 40 heavy (non-hydrogen) atoms. The minimum atomic E-state index is -0.225. The lowest BCUT2D eigenvalue weighted by molar-refractivity contribution is -0.159. The molecule has 2 saturated heterocycles. The number of hydrogen-bond donors (Lipinski definition) is 0. The van der Waals surface area contributed by atoms with Crippen molar-refractivity contribution < 1.29 is 37.8 Å². The maximum Gasteiger partial charge on any atom is 0.310 e. The summed E-state index contributed by atoms with van der Waals surface area (Å²) in [5.74, 6) is 1.59. The molecule has 1 aromatic heterocycles. The normalized spacial score (nSPS) is 26.4. The summed E-state index contributed by atoms with van der Waals surface area (Å²) in [5.41, 5.74) is 0.645. The van der Waals surface area contributed by atoms with E-state index in [1.807, 2.05) is 25.1 Å². The van der Waals surface area contributed by atoms with E-state index in [-0.39, 0.29) is 30.1 Å². The second-order valence-corrected chi connectivity index (χ2v) is 11.5. The molecule has 1 aromatic carbocycles. The summed E-state index contributed by atoms with van der Waals surface area (Å²) in [7, 11) is 0. The van der Waals surface area contributed by atoms with Gasteiger partial charge in [0.1, 0.15) is 17.9 Å². The van der Waals surface area contributed by atoms with Gasteiger partial charge in [-0.1, -0.05) is 6.07 Å². The fraction of sp³-hybridized carbons (Fsp3) is 0.700. The summed E-state index contributed by atoms with van der Waals surface area (Å²) in [4.78, 5) is 25.7. The highest BCUT2D eigenvalue weighted by molar-refractivity contribution is 5.88. The van der Waals surface area contributed by atoms with Gasteiger partial charge in [0, 0.05) is 26.6 Å². The number of piperidine rings is 1. The second kappa shape index (κ2) is 13.7. The number of ether oxygens (including phenoxy) is 5. The molecule has 0 radical (unpaired) electrons. The molecule has 2 aromatic rings. The van der Waals surface area contributed by atoms with Crippen molar-refractivity contribution in [3.8, 4) is 11.6 Å². The van der Waals surface area contributed by atoms with Gasteiger partial charge in [0.15, 0.2) is 5.58 Å². The Morgan fingerprint density at radius 1 is 1.00 bits per heavy atom. The Morgan fingerprint density at radius 3 is 2.52 bits per heavy atom. The maximum absolute atomic E-state index is 12.4. The van der Waals surface area contributed by atoms with Gasteiger partial charge in [-0.25, -0.2) is 0 Å². The zero-order chi connectivity index (χ0) is 27.9. The number of fused-ring (bicyclic) bond motifs is 1. The van der Waals surface area contributed by atoms with E-state index in [2.05, 4.69) is 10.1 Å². The van der Waals surface area contributed by atoms with Crippen molar-refractivity contribution in [3.05, 3.63) is 18.2 Å². The Kier molecular flexibility index (Phi) is 9.80. The number of hydrogen-bond acceptors (Lipinski definition) is 10. The molecule has 0 amide bonds. The molecule has 0 N–H and O–H groups in total. The summed E-state index contributed by atoms with van der Waals surface area (Å²) >= 11 is 0. The molecule has 220 valence electrons. The Morgan fingerprint density at radius 2 is 1.77 bits per heavy atom. The van der Waals surface area contributed by atoms with Crippen molar-refractivity contribution in [2.45, 2.75) is 77.4 Å². The van der Waals surface area contributed by atoms with Crippen molar-refractivity contribution in [3.63, 3.8) is 0 Å². The molecular formula is C30H42N2O8. The van der Waals surface area contributed by atoms with Crippen molar-refractivity contribution in [2.24, 2.45) is 17.8 Å². The summed E-state index contributed by atoms with van der Waals surface area (Å²) in [6.45, 7) is 7.18. The minimum absolute atomic E-state index is 0.0526. The van der Waals surface area contributed by atoms with Gasteiger partial charge in [-0.05, 0) is 87.4 Å². The predicted octanol–water partition coefficient (Wildman–Crippen LogP) is 4.74. The lowest BCUT2D eigenvalue weighted by Gasteiger charge is -2.32. The molecule has 1 saturated carbocycles. The smallest absolute Gasteiger partial charge is 0.310 e. The van der Waals surface area contributed by atoms with Crippen LogP contribution in [0, 0.1) is 17.8 Å². The molecule has 2 aliphatic heterocycles. The first-order chi connectivity index (χ1) is 19.4. The van der Waals surface area contributed by atoms with E-state index in [9.17, 15) is 9.59 Å². The van der Waals surface area contributed by atoms with Gasteiger partial charge in [-0.3, -0.25) is 14.5 Å². The van der Waals surface area contributed by atoms with Crippen LogP contribution in [0.2, 0.25) is 0 Å². The van der Waals surface area contributed by atoms with Crippen molar-refractivity contribution >= 4 is 22.9 Å². The van der Waals surface area contributed by atoms with E-state index in [0.29, 0.717) is 49.9 Å². The highest BCUT2D eigenvalue weighted by atomic mass is 16.6. The topological polar surface area (TPSA) is 110 Å². The van der Waals surface area contributed by atoms with Gasteiger partial charge in [0.25, 0.3) is 5.88 Å². The van der Waals surface area contributed by atoms with Crippen LogP contribution in [0.1, 0.15) is 65.2 Å². The molecular weight excluding hydrogens is 516 g/mol. The zero-order valence-electron chi connectivity index (χ0n) is 23.7. The van der Waals surface area contributed by atoms with Gasteiger partial charge in [-0.15, -0.1) is 0 Å². The first-order valence-electron chi connectivity index (χ1n) is 14.8. The molecule has 0 bridgehead atoms. The Bertz CT molecular complexity index is 1120. The highest BCUT2D eigenvalue weighted by Crippen LogP contribution is 2.37. The average Bonchev–Trinajstić information content (AvgIpc) is 3.39. The van der Waals surface area contributed by atoms with Crippen LogP contribution >= 0.6 is 0 Å². The van der Waals surface area contributed by atoms with E-state index in [1.165, 1.54) is 6.92 Å². The molecule has 1 aliphatic carbocycles. The monoisotopic (exact) mass is 558 g/mol. The average molecular weight is 559 g/mol. The first-order valence-corrected chi connectivity index (χ1v) is 14.8. The zero-order valence-corrected chi connectivity index (χ0v) is 23.7. The Labute approximate surface area is 235 Å². The number of carbonyl (C=O) groups excluding carboxylic acids is 2. The van der Waals surface area contributed by atoms with Crippen molar-refractivity contribution in [2.75, 3.05) is 39.6 Å². The molecule has 3 aliphatic rings. The van der Waals surface area contributed by atoms with Gasteiger partial charge < -0.3 is 28.2 Å². The number of benzene rings is 1. The number of carbonyl (C=O) groups is 2. The van der Waals surface area contributed by atoms with Gasteiger partial charge in [0.05, 0.1) is 31.3 Å². The Hall–Kier alpha value is -2.85. The molecule has 2 unspecified atom stereocenters. The molecule has 3 fully saturated rings. The lowest BCUT2D eigenvalue weighted by Crippen LogP contribution is -2.39. The van der Waals surface area contributed by atoms with Crippen molar-refractivity contribution in [1.29, 1.82) is 0 Å². The third-order valence-corrected chi connectivity index (χ3v) is 8.41. The van der Waals surface area contributed by atoms with E-state index in [4.69, 9.17) is 28.2 Å². The van der Waals surface area contributed by atoms with Crippen LogP contribution in [-0.2, 0) is 23.8 Å². The van der Waals surface area contributed by atoms with E-state index < -0.39 is 0 Å². The molecule has 3 heterocycles. The number of nitrogens with zero attached hydrogens (tertiary/aromatic N) is 2. The molecule has 5 rings (SSSR count). The van der Waals surface area contributed by atoms with Crippen LogP contribution in [0.25, 0.3) is 11.0 Å². The van der Waals surface area contributed by atoms with Crippen LogP contribution in [0.3, 0.4) is 0 Å². The van der Waals surface area contributed by atoms with Crippen LogP contribution in [0.15, 0.2) is 22.7 Å². The minimum Gasteiger partial charge on any atom is -0.489 e. The summed E-state index contributed by atoms with van der Waals surface area (Å²) in [6.07, 6.45) is 7.36. The fourth-order valence-corrected chi connectivity index (χ4v) is 5.93. The maximum atomic E-state index is 12.4. The second-order valence-electron chi connectivity index (χ2n) is 11.5. The molecule has 10 nitrogen and oxygen atoms in total. The Balaban J connectivity index is 1.07. The van der Waals surface area contributed by atoms with Crippen LogP contribution in [-0.4, -0.2) is 73.8 Å². The third-order valence-electron chi connectivity index (χ3n) is 8.41. The number of likely N-dealkylation sites (tertiary alicyclic amines) is 1. The van der Waals surface area contributed by atoms with Crippen LogP contribution < -0.4 is 9.47 Å². The van der Waals surface area contributed by atoms with E-state index in [1.54, 1.807) is 0 Å². The summed E-state index contributed by atoms with van der Waals surface area (Å²) in [6, 6.07) is 5.72. The standard InChI is InChI=1S/C30H42N2O8/c1-20-16-24(12-15-35-20)30(34)38-19-32-13-10-23(11-14-32)18-37-29-28-26(4-3-5-27(28)40-31-29)39-25-8-6-22(7-9-25)17-36-21(2)33/h3-5,20,22-25H,6-19H2,1-2H3. The lowest BCUT2D eigenvalue weighted by atomic mass is 9.88. The van der Waals surface area contributed by atoms with E-state index in [0.717, 1.165) is 75.6 Å². The molecule has 0 spiro atoms. The third kappa shape index (κ3) is 7.66. The summed E-state index contributed by atoms with van der Waals surface area (Å²) < 4.78 is 34.5. The first kappa shape index (κ1) is 28.7. The summed E-state index contributed by atoms with van der Waals surface area (Å²) in [5, 5.41) is 4.97. The number of esters is 2. The number of rotatable bonds is 10. The molecule has 10 heteroatoms. The fourth-order valence-electron chi connectivity index (χ4n) is 5.93. The quantitative estimate of drug-likeness (QED) is 0.380.